The molecule has 0 aliphatic carbocycles. The quantitative estimate of drug-likeness (QED) is 0.514. The number of benzene rings is 1. The number of nitrogens with one attached hydrogen (secondary N) is 1. The molecule has 0 saturated carbocycles. The first-order valence-corrected chi connectivity index (χ1v) is 5.89. The second-order valence-electron chi connectivity index (χ2n) is 2.84. The van der Waals surface area contributed by atoms with Crippen LogP contribution in [0.5, 0.6) is 0 Å². The van der Waals surface area contributed by atoms with E-state index >= 15 is 0 Å². The normalized spacial score (nSPS) is 10.2. The smallest absolute Gasteiger partial charge is 0.450 e. The van der Waals surface area contributed by atoms with Gasteiger partial charge >= 0.3 is 35.7 Å². The Morgan fingerprint density at radius 1 is 1.35 bits per heavy atom. The Kier molecular flexibility index (Phi) is 6.73. The van der Waals surface area contributed by atoms with Crippen molar-refractivity contribution in [1.29, 1.82) is 0 Å². The van der Waals surface area contributed by atoms with Crippen molar-refractivity contribution in [3.8, 4) is 0 Å². The van der Waals surface area contributed by atoms with Crippen molar-refractivity contribution in [1.82, 2.24) is 0 Å². The number of amides is 1. The standard InChI is InChI=1S/C9H11NO5S.Na/c1-2-15-9(11)10-7-3-5-8(6-4-7)16(12,13)14;/h3-6H,2H2,1H3,(H,10,11)(H,12,13,14);/q;+1. The van der Waals surface area contributed by atoms with Crippen molar-refractivity contribution in [3.05, 3.63) is 24.3 Å². The molecule has 88 valence electrons. The number of ether oxygens (including phenoxy) is 1. The summed E-state index contributed by atoms with van der Waals surface area (Å²) in [5, 5.41) is 2.38. The van der Waals surface area contributed by atoms with Gasteiger partial charge in [0.2, 0.25) is 0 Å². The summed E-state index contributed by atoms with van der Waals surface area (Å²) in [5.41, 5.74) is 0.380. The van der Waals surface area contributed by atoms with Gasteiger partial charge in [0.1, 0.15) is 0 Å². The van der Waals surface area contributed by atoms with Crippen LogP contribution in [-0.4, -0.2) is 25.7 Å². The summed E-state index contributed by atoms with van der Waals surface area (Å²) >= 11 is 0. The van der Waals surface area contributed by atoms with Gasteiger partial charge in [-0.05, 0) is 31.2 Å². The third-order valence-electron chi connectivity index (χ3n) is 1.67. The van der Waals surface area contributed by atoms with Crippen LogP contribution in [0.3, 0.4) is 0 Å². The van der Waals surface area contributed by atoms with Gasteiger partial charge in [-0.15, -0.1) is 0 Å². The van der Waals surface area contributed by atoms with Crippen molar-refractivity contribution in [2.75, 3.05) is 11.9 Å². The van der Waals surface area contributed by atoms with Crippen molar-refractivity contribution in [2.24, 2.45) is 0 Å². The van der Waals surface area contributed by atoms with Gasteiger partial charge in [-0.25, -0.2) is 4.79 Å². The van der Waals surface area contributed by atoms with Crippen LogP contribution in [0, 0.1) is 0 Å². The van der Waals surface area contributed by atoms with Crippen molar-refractivity contribution < 1.29 is 52.1 Å². The SMILES string of the molecule is CCOC(=O)Nc1ccc(S(=O)(=O)O)cc1.[Na+]. The molecule has 0 bridgehead atoms. The molecule has 2 N–H and O–H groups in total. The van der Waals surface area contributed by atoms with E-state index in [1.54, 1.807) is 6.92 Å². The molecule has 0 aliphatic heterocycles. The van der Waals surface area contributed by atoms with Crippen LogP contribution in [-0.2, 0) is 14.9 Å². The largest absolute Gasteiger partial charge is 1.00 e. The molecule has 0 heterocycles. The monoisotopic (exact) mass is 268 g/mol. The van der Waals surface area contributed by atoms with E-state index in [2.05, 4.69) is 10.1 Å². The minimum Gasteiger partial charge on any atom is -0.450 e. The number of hydrogen-bond donors (Lipinski definition) is 2. The van der Waals surface area contributed by atoms with Gasteiger partial charge < -0.3 is 4.74 Å². The zero-order chi connectivity index (χ0) is 12.2. The fourth-order valence-corrected chi connectivity index (χ4v) is 1.48. The molecule has 1 aromatic carbocycles. The van der Waals surface area contributed by atoms with Gasteiger partial charge in [0.15, 0.2) is 0 Å². The molecule has 1 rings (SSSR count). The zero-order valence-electron chi connectivity index (χ0n) is 9.50. The summed E-state index contributed by atoms with van der Waals surface area (Å²) in [6.07, 6.45) is -0.623. The Labute approximate surface area is 121 Å². The second kappa shape index (κ2) is 6.97. The van der Waals surface area contributed by atoms with Crippen LogP contribution in [0.25, 0.3) is 0 Å². The molecule has 0 fully saturated rings. The molecule has 0 spiro atoms. The predicted octanol–water partition coefficient (Wildman–Crippen LogP) is -1.49. The molecular formula is C9H11NNaO5S+. The van der Waals surface area contributed by atoms with Crippen molar-refractivity contribution >= 4 is 21.9 Å². The van der Waals surface area contributed by atoms with Gasteiger partial charge in [-0.2, -0.15) is 8.42 Å². The Balaban J connectivity index is 0.00000256. The van der Waals surface area contributed by atoms with Crippen LogP contribution >= 0.6 is 0 Å². The average Bonchev–Trinajstić information content (AvgIpc) is 2.17. The Morgan fingerprint density at radius 3 is 2.29 bits per heavy atom. The van der Waals surface area contributed by atoms with Gasteiger partial charge in [-0.1, -0.05) is 0 Å². The third-order valence-corrected chi connectivity index (χ3v) is 2.54. The first kappa shape index (κ1) is 16.4. The summed E-state index contributed by atoms with van der Waals surface area (Å²) in [4.78, 5) is 10.8. The van der Waals surface area contributed by atoms with E-state index in [1.807, 2.05) is 0 Å². The number of hydrogen-bond acceptors (Lipinski definition) is 4. The van der Waals surface area contributed by atoms with E-state index in [4.69, 9.17) is 4.55 Å². The van der Waals surface area contributed by atoms with Gasteiger partial charge in [-0.3, -0.25) is 9.87 Å². The molecule has 0 radical (unpaired) electrons. The molecule has 6 nitrogen and oxygen atoms in total. The van der Waals surface area contributed by atoms with E-state index in [1.165, 1.54) is 24.3 Å². The summed E-state index contributed by atoms with van der Waals surface area (Å²) in [7, 11) is -4.20. The van der Waals surface area contributed by atoms with Crippen molar-refractivity contribution in [3.63, 3.8) is 0 Å². The number of carbonyl (C=O) groups excluding carboxylic acids is 1. The molecule has 0 aliphatic rings. The summed E-state index contributed by atoms with van der Waals surface area (Å²) in [6.45, 7) is 1.91. The fraction of sp³-hybridized carbons (Fsp3) is 0.222. The maximum atomic E-state index is 11.0. The first-order chi connectivity index (χ1) is 7.43. The minimum absolute atomic E-state index is 0. The summed E-state index contributed by atoms with van der Waals surface area (Å²) in [5.74, 6) is 0. The van der Waals surface area contributed by atoms with Crippen molar-refractivity contribution in [2.45, 2.75) is 11.8 Å². The van der Waals surface area contributed by atoms with Crippen LogP contribution in [0.2, 0.25) is 0 Å². The summed E-state index contributed by atoms with van der Waals surface area (Å²) in [6, 6.07) is 5.05. The van der Waals surface area contributed by atoms with Crippen LogP contribution in [0.15, 0.2) is 29.2 Å². The van der Waals surface area contributed by atoms with Crippen LogP contribution in [0.4, 0.5) is 10.5 Å². The second-order valence-corrected chi connectivity index (χ2v) is 4.27. The third kappa shape index (κ3) is 5.51. The van der Waals surface area contributed by atoms with E-state index < -0.39 is 16.2 Å². The Bertz CT molecular complexity index is 471. The Hall–Kier alpha value is -0.600. The van der Waals surface area contributed by atoms with Gasteiger partial charge in [0.05, 0.1) is 11.5 Å². The maximum absolute atomic E-state index is 11.0. The van der Waals surface area contributed by atoms with Gasteiger partial charge in [0.25, 0.3) is 10.1 Å². The van der Waals surface area contributed by atoms with Gasteiger partial charge in [0, 0.05) is 5.69 Å². The fourth-order valence-electron chi connectivity index (χ4n) is 0.995. The average molecular weight is 268 g/mol. The van der Waals surface area contributed by atoms with Crippen LogP contribution in [0.1, 0.15) is 6.92 Å². The topological polar surface area (TPSA) is 92.7 Å². The van der Waals surface area contributed by atoms with E-state index in [0.29, 0.717) is 5.69 Å². The molecular weight excluding hydrogens is 257 g/mol. The minimum atomic E-state index is -4.20. The molecule has 1 amide bonds. The van der Waals surface area contributed by atoms with E-state index in [0.717, 1.165) is 0 Å². The predicted molar refractivity (Wildman–Crippen MR) is 56.9 cm³/mol. The molecule has 0 aromatic heterocycles. The molecule has 17 heavy (non-hydrogen) atoms. The zero-order valence-corrected chi connectivity index (χ0v) is 12.3. The maximum Gasteiger partial charge on any atom is 1.00 e. The number of anilines is 1. The molecule has 0 atom stereocenters. The van der Waals surface area contributed by atoms with E-state index in [-0.39, 0.29) is 41.1 Å². The summed E-state index contributed by atoms with van der Waals surface area (Å²) < 4.78 is 34.8. The molecule has 1 aromatic rings. The molecule has 0 unspecified atom stereocenters. The van der Waals surface area contributed by atoms with Crippen LogP contribution < -0.4 is 34.9 Å². The molecule has 0 saturated heterocycles. The number of carbonyl (C=O) groups is 1. The Morgan fingerprint density at radius 2 is 1.88 bits per heavy atom. The molecule has 8 heteroatoms. The first-order valence-electron chi connectivity index (χ1n) is 4.45. The number of rotatable bonds is 3. The van der Waals surface area contributed by atoms with E-state index in [9.17, 15) is 13.2 Å².